The molecule has 0 heterocycles. The Morgan fingerprint density at radius 1 is 1.00 bits per heavy atom. The summed E-state index contributed by atoms with van der Waals surface area (Å²) in [6, 6.07) is 17.0. The van der Waals surface area contributed by atoms with Gasteiger partial charge < -0.3 is 5.32 Å². The highest BCUT2D eigenvalue weighted by Gasteiger charge is 2.45. The van der Waals surface area contributed by atoms with E-state index in [4.69, 9.17) is 0 Å². The van der Waals surface area contributed by atoms with Crippen molar-refractivity contribution < 1.29 is 9.18 Å². The smallest absolute Gasteiger partial charge is 0.241 e. The Kier molecular flexibility index (Phi) is 7.90. The van der Waals surface area contributed by atoms with E-state index in [1.165, 1.54) is 6.08 Å². The molecule has 0 aliphatic rings. The van der Waals surface area contributed by atoms with Crippen molar-refractivity contribution in [3.8, 4) is 0 Å². The van der Waals surface area contributed by atoms with E-state index in [1.807, 2.05) is 36.4 Å². The minimum atomic E-state index is -2.08. The lowest BCUT2D eigenvalue weighted by molar-refractivity contribution is -0.131. The van der Waals surface area contributed by atoms with Crippen molar-refractivity contribution in [2.45, 2.75) is 18.3 Å². The number of carbonyl (C=O) groups excluding carboxylic acids is 1. The van der Waals surface area contributed by atoms with Gasteiger partial charge in [-0.25, -0.2) is 4.39 Å². The number of rotatable bonds is 11. The molecule has 1 amide bonds. The average molecular weight is 378 g/mol. The summed E-state index contributed by atoms with van der Waals surface area (Å²) in [5.41, 5.74) is -0.757. The molecule has 0 radical (unpaired) electrons. The fourth-order valence-electron chi connectivity index (χ4n) is 3.20. The minimum Gasteiger partial charge on any atom is -0.351 e. The molecule has 0 aliphatic heterocycles. The van der Waals surface area contributed by atoms with Crippen LogP contribution < -0.4 is 5.32 Å². The molecule has 2 rings (SSSR count). The summed E-state index contributed by atoms with van der Waals surface area (Å²) in [6.07, 6.45) is 4.50. The van der Waals surface area contributed by atoms with E-state index in [-0.39, 0.29) is 0 Å². The van der Waals surface area contributed by atoms with Gasteiger partial charge in [-0.15, -0.1) is 13.2 Å². The summed E-state index contributed by atoms with van der Waals surface area (Å²) in [5, 5.41) is 2.87. The second-order valence-corrected chi connectivity index (χ2v) is 6.48. The van der Waals surface area contributed by atoms with Crippen molar-refractivity contribution in [1.82, 2.24) is 10.2 Å². The molecule has 2 aromatic rings. The van der Waals surface area contributed by atoms with E-state index in [0.29, 0.717) is 25.2 Å². The van der Waals surface area contributed by atoms with Gasteiger partial charge in [-0.05, 0) is 17.2 Å². The van der Waals surface area contributed by atoms with Gasteiger partial charge >= 0.3 is 0 Å². The molecule has 0 saturated heterocycles. The largest absolute Gasteiger partial charge is 0.351 e. The van der Waals surface area contributed by atoms with Crippen molar-refractivity contribution in [2.24, 2.45) is 0 Å². The Hall–Kier alpha value is -2.98. The van der Waals surface area contributed by atoms with Gasteiger partial charge in [-0.2, -0.15) is 0 Å². The first-order chi connectivity index (χ1) is 13.6. The Morgan fingerprint density at radius 2 is 1.54 bits per heavy atom. The molecule has 0 saturated carbocycles. The number of alkyl halides is 1. The van der Waals surface area contributed by atoms with Crippen molar-refractivity contribution in [3.63, 3.8) is 0 Å². The van der Waals surface area contributed by atoms with Gasteiger partial charge in [-0.3, -0.25) is 9.69 Å². The van der Waals surface area contributed by atoms with E-state index >= 15 is 4.39 Å². The molecular weight excluding hydrogens is 351 g/mol. The van der Waals surface area contributed by atoms with E-state index in [2.05, 4.69) is 25.1 Å². The zero-order valence-corrected chi connectivity index (χ0v) is 16.1. The summed E-state index contributed by atoms with van der Waals surface area (Å²) in [6.45, 7) is 12.2. The highest BCUT2D eigenvalue weighted by molar-refractivity contribution is 5.84. The predicted molar refractivity (Wildman–Crippen MR) is 113 cm³/mol. The molecule has 1 N–H and O–H groups in total. The Labute approximate surface area is 166 Å². The maximum absolute atomic E-state index is 16.3. The predicted octanol–water partition coefficient (Wildman–Crippen LogP) is 4.40. The SMILES string of the molecule is C=CCN(CC=C)[C@@H](C(=O)NCc1ccccc1)[C@@](F)(C=C)c1ccccc1. The number of hydrogen-bond acceptors (Lipinski definition) is 2. The van der Waals surface area contributed by atoms with Crippen LogP contribution in [0.15, 0.2) is 98.6 Å². The molecule has 3 nitrogen and oxygen atoms in total. The van der Waals surface area contributed by atoms with Crippen LogP contribution in [0.1, 0.15) is 11.1 Å². The van der Waals surface area contributed by atoms with E-state index in [1.54, 1.807) is 41.3 Å². The van der Waals surface area contributed by atoms with Crippen LogP contribution in [0.5, 0.6) is 0 Å². The molecule has 0 aliphatic carbocycles. The standard InChI is InChI=1S/C24H27FN2O/c1-4-17-27(18-5-2)22(23(28)26-19-20-13-9-7-10-14-20)24(25,6-3)21-15-11-8-12-16-21/h4-16,22H,1-3,17-19H2,(H,26,28)/t22-,24+/m0/s1. The summed E-state index contributed by atoms with van der Waals surface area (Å²) >= 11 is 0. The van der Waals surface area contributed by atoms with Crippen LogP contribution in [0.25, 0.3) is 0 Å². The summed E-state index contributed by atoms with van der Waals surface area (Å²) < 4.78 is 16.3. The lowest BCUT2D eigenvalue weighted by Gasteiger charge is -2.38. The molecule has 0 spiro atoms. The zero-order valence-electron chi connectivity index (χ0n) is 16.1. The second-order valence-electron chi connectivity index (χ2n) is 6.48. The lowest BCUT2D eigenvalue weighted by atomic mass is 9.86. The number of amides is 1. The molecule has 0 unspecified atom stereocenters. The van der Waals surface area contributed by atoms with Gasteiger partial charge in [0.15, 0.2) is 5.67 Å². The molecule has 2 atom stereocenters. The van der Waals surface area contributed by atoms with Crippen LogP contribution in [-0.2, 0) is 17.0 Å². The maximum atomic E-state index is 16.3. The average Bonchev–Trinajstić information content (AvgIpc) is 2.74. The topological polar surface area (TPSA) is 32.3 Å². The third kappa shape index (κ3) is 5.05. The number of halogens is 1. The molecule has 28 heavy (non-hydrogen) atoms. The summed E-state index contributed by atoms with van der Waals surface area (Å²) in [5.74, 6) is -0.418. The minimum absolute atomic E-state index is 0.314. The fraction of sp³-hybridized carbons (Fsp3) is 0.208. The highest BCUT2D eigenvalue weighted by atomic mass is 19.1. The first-order valence-corrected chi connectivity index (χ1v) is 9.22. The van der Waals surface area contributed by atoms with E-state index < -0.39 is 17.6 Å². The Morgan fingerprint density at radius 3 is 2.04 bits per heavy atom. The molecule has 0 bridgehead atoms. The third-order valence-corrected chi connectivity index (χ3v) is 4.56. The van der Waals surface area contributed by atoms with Crippen LogP contribution >= 0.6 is 0 Å². The molecular formula is C24H27FN2O. The number of nitrogens with zero attached hydrogens (tertiary/aromatic N) is 1. The third-order valence-electron chi connectivity index (χ3n) is 4.56. The number of nitrogens with one attached hydrogen (secondary N) is 1. The number of hydrogen-bond donors (Lipinski definition) is 1. The van der Waals surface area contributed by atoms with Gasteiger partial charge in [0.1, 0.15) is 6.04 Å². The van der Waals surface area contributed by atoms with Gasteiger partial charge in [-0.1, -0.05) is 79.4 Å². The summed E-state index contributed by atoms with van der Waals surface area (Å²) in [7, 11) is 0. The second kappa shape index (κ2) is 10.4. The first-order valence-electron chi connectivity index (χ1n) is 9.22. The Balaban J connectivity index is 2.39. The zero-order chi connectivity index (χ0) is 20.4. The molecule has 2 aromatic carbocycles. The van der Waals surface area contributed by atoms with E-state index in [9.17, 15) is 4.79 Å². The van der Waals surface area contributed by atoms with Crippen LogP contribution in [0.3, 0.4) is 0 Å². The van der Waals surface area contributed by atoms with Crippen molar-refractivity contribution in [3.05, 3.63) is 110 Å². The monoisotopic (exact) mass is 378 g/mol. The fourth-order valence-corrected chi connectivity index (χ4v) is 3.20. The molecule has 0 fully saturated rings. The van der Waals surface area contributed by atoms with Gasteiger partial charge in [0.25, 0.3) is 0 Å². The van der Waals surface area contributed by atoms with Crippen molar-refractivity contribution in [2.75, 3.05) is 13.1 Å². The van der Waals surface area contributed by atoms with Crippen LogP contribution in [-0.4, -0.2) is 29.9 Å². The van der Waals surface area contributed by atoms with Gasteiger partial charge in [0, 0.05) is 19.6 Å². The van der Waals surface area contributed by atoms with Gasteiger partial charge in [0.05, 0.1) is 0 Å². The summed E-state index contributed by atoms with van der Waals surface area (Å²) in [4.78, 5) is 14.9. The molecule has 0 aromatic heterocycles. The van der Waals surface area contributed by atoms with Crippen molar-refractivity contribution in [1.29, 1.82) is 0 Å². The quantitative estimate of drug-likeness (QED) is 0.588. The number of benzene rings is 2. The Bertz CT molecular complexity index is 781. The van der Waals surface area contributed by atoms with Crippen molar-refractivity contribution >= 4 is 5.91 Å². The van der Waals surface area contributed by atoms with Crippen LogP contribution in [0.2, 0.25) is 0 Å². The normalized spacial score (nSPS) is 13.9. The van der Waals surface area contributed by atoms with Crippen LogP contribution in [0.4, 0.5) is 4.39 Å². The first kappa shape index (κ1) is 21.3. The van der Waals surface area contributed by atoms with E-state index in [0.717, 1.165) is 5.56 Å². The van der Waals surface area contributed by atoms with Gasteiger partial charge in [0.2, 0.25) is 5.91 Å². The molecule has 146 valence electrons. The highest BCUT2D eigenvalue weighted by Crippen LogP contribution is 2.34. The maximum Gasteiger partial charge on any atom is 0.241 e. The lowest BCUT2D eigenvalue weighted by Crippen LogP contribution is -2.56. The molecule has 4 heteroatoms. The van der Waals surface area contributed by atoms with Crippen LogP contribution in [0, 0.1) is 0 Å². The number of carbonyl (C=O) groups is 1.